The van der Waals surface area contributed by atoms with Crippen molar-refractivity contribution in [3.63, 3.8) is 0 Å². The van der Waals surface area contributed by atoms with E-state index < -0.39 is 55.4 Å². The van der Waals surface area contributed by atoms with E-state index in [1.165, 1.54) is 19.3 Å². The number of hydrogen-bond acceptors (Lipinski definition) is 10. The highest BCUT2D eigenvalue weighted by atomic mass is 16.7. The highest BCUT2D eigenvalue weighted by molar-refractivity contribution is 5.70. The third-order valence-corrected chi connectivity index (χ3v) is 7.73. The topological polar surface area (TPSA) is 152 Å². The van der Waals surface area contributed by atoms with Crippen molar-refractivity contribution in [1.29, 1.82) is 0 Å². The van der Waals surface area contributed by atoms with Gasteiger partial charge in [-0.05, 0) is 51.4 Å². The molecule has 2 unspecified atom stereocenters. The zero-order valence-electron chi connectivity index (χ0n) is 28.8. The van der Waals surface area contributed by atoms with Crippen LogP contribution in [-0.4, -0.2) is 89.0 Å². The number of aliphatic hydroxyl groups is 4. The molecule has 4 N–H and O–H groups in total. The number of allylic oxidation sites excluding steroid dienone is 8. The lowest BCUT2D eigenvalue weighted by Crippen LogP contribution is -2.59. The maximum atomic E-state index is 12.6. The van der Waals surface area contributed by atoms with Gasteiger partial charge in [0.1, 0.15) is 31.0 Å². The molecule has 6 atom stereocenters. The third kappa shape index (κ3) is 21.3. The van der Waals surface area contributed by atoms with Crippen molar-refractivity contribution in [3.8, 4) is 0 Å². The maximum Gasteiger partial charge on any atom is 0.306 e. The number of ether oxygens (including phenoxy) is 4. The number of rotatable bonds is 27. The Labute approximate surface area is 282 Å². The Morgan fingerprint density at radius 3 is 1.89 bits per heavy atom. The second-order valence-corrected chi connectivity index (χ2v) is 11.9. The van der Waals surface area contributed by atoms with E-state index in [1.54, 1.807) is 0 Å². The largest absolute Gasteiger partial charge is 0.462 e. The van der Waals surface area contributed by atoms with Crippen LogP contribution in [0, 0.1) is 0 Å². The molecule has 1 rings (SSSR count). The quantitative estimate of drug-likeness (QED) is 0.0484. The van der Waals surface area contributed by atoms with Crippen LogP contribution in [0.2, 0.25) is 0 Å². The van der Waals surface area contributed by atoms with Gasteiger partial charge in [0.25, 0.3) is 0 Å². The summed E-state index contributed by atoms with van der Waals surface area (Å²) in [5.41, 5.74) is 0. The summed E-state index contributed by atoms with van der Waals surface area (Å²) in [5.74, 6) is -0.869. The summed E-state index contributed by atoms with van der Waals surface area (Å²) in [6.07, 6.45) is 22.9. The van der Waals surface area contributed by atoms with Gasteiger partial charge in [0.05, 0.1) is 13.2 Å². The van der Waals surface area contributed by atoms with Crippen LogP contribution in [0.25, 0.3) is 0 Å². The van der Waals surface area contributed by atoms with Gasteiger partial charge < -0.3 is 39.4 Å². The van der Waals surface area contributed by atoms with E-state index >= 15 is 0 Å². The Kier molecular flexibility index (Phi) is 26.0. The summed E-state index contributed by atoms with van der Waals surface area (Å²) in [4.78, 5) is 25.0. The van der Waals surface area contributed by atoms with Crippen LogP contribution < -0.4 is 0 Å². The number of hydrogen-bond donors (Lipinski definition) is 4. The van der Waals surface area contributed by atoms with Gasteiger partial charge in [0.2, 0.25) is 0 Å². The summed E-state index contributed by atoms with van der Waals surface area (Å²) < 4.78 is 21.9. The molecule has 0 aromatic rings. The van der Waals surface area contributed by atoms with Crippen molar-refractivity contribution in [2.24, 2.45) is 0 Å². The molecule has 0 radical (unpaired) electrons. The van der Waals surface area contributed by atoms with Crippen LogP contribution in [0.1, 0.15) is 117 Å². The van der Waals surface area contributed by atoms with Gasteiger partial charge in [-0.1, -0.05) is 101 Å². The minimum atomic E-state index is -1.60. The molecule has 10 nitrogen and oxygen atoms in total. The van der Waals surface area contributed by atoms with Crippen LogP contribution in [0.5, 0.6) is 0 Å². The standard InChI is InChI=1S/C37H62O10/c1-3-5-7-9-11-12-13-14-15-16-17-18-20-22-24-26-33(40)46-30(28-44-32(39)25-23-21-19-10-8-6-4-2)29-45-37-36(43)35(42)34(41)31(27-38)47-37/h5,7,11-12,14-15,17-18,30-31,34-38,41-43H,3-4,6,8-10,13,16,19-29H2,1-2H3/b7-5+,12-11+,15-14+,18-17+/t30-,31+,34-,35?,36?,37+/m1/s1. The molecule has 1 heterocycles. The molecular formula is C37H62O10. The molecule has 47 heavy (non-hydrogen) atoms. The number of esters is 2. The molecule has 270 valence electrons. The first-order chi connectivity index (χ1) is 22.8. The van der Waals surface area contributed by atoms with Crippen LogP contribution in [-0.2, 0) is 28.5 Å². The summed E-state index contributed by atoms with van der Waals surface area (Å²) in [6, 6.07) is 0. The van der Waals surface area contributed by atoms with Gasteiger partial charge >= 0.3 is 11.9 Å². The molecular weight excluding hydrogens is 604 g/mol. The molecule has 1 aliphatic rings. The molecule has 1 fully saturated rings. The fraction of sp³-hybridized carbons (Fsp3) is 0.730. The molecule has 0 amide bonds. The highest BCUT2D eigenvalue weighted by Gasteiger charge is 2.44. The lowest BCUT2D eigenvalue weighted by molar-refractivity contribution is -0.305. The van der Waals surface area contributed by atoms with Crippen molar-refractivity contribution in [2.75, 3.05) is 19.8 Å². The normalized spacial score (nSPS) is 22.6. The Bertz CT molecular complexity index is 913. The summed E-state index contributed by atoms with van der Waals surface area (Å²) >= 11 is 0. The first-order valence-electron chi connectivity index (χ1n) is 17.7. The molecule has 0 bridgehead atoms. The molecule has 1 saturated heterocycles. The predicted octanol–water partition coefficient (Wildman–Crippen LogP) is 5.76. The summed E-state index contributed by atoms with van der Waals surface area (Å²) in [5, 5.41) is 39.7. The Balaban J connectivity index is 2.46. The monoisotopic (exact) mass is 666 g/mol. The number of carbonyl (C=O) groups excluding carboxylic acids is 2. The van der Waals surface area contributed by atoms with Crippen LogP contribution in [0.4, 0.5) is 0 Å². The second kappa shape index (κ2) is 28.7. The van der Waals surface area contributed by atoms with E-state index in [1.807, 2.05) is 0 Å². The van der Waals surface area contributed by atoms with Crippen LogP contribution in [0.15, 0.2) is 48.6 Å². The Morgan fingerprint density at radius 2 is 1.26 bits per heavy atom. The molecule has 1 aliphatic heterocycles. The Hall–Kier alpha value is -2.34. The van der Waals surface area contributed by atoms with Crippen LogP contribution >= 0.6 is 0 Å². The summed E-state index contributed by atoms with van der Waals surface area (Å²) in [6.45, 7) is 3.17. The van der Waals surface area contributed by atoms with Gasteiger partial charge in [-0.2, -0.15) is 0 Å². The number of carbonyl (C=O) groups is 2. The van der Waals surface area contributed by atoms with Gasteiger partial charge in [-0.3, -0.25) is 9.59 Å². The first kappa shape index (κ1) is 42.7. The third-order valence-electron chi connectivity index (χ3n) is 7.73. The fourth-order valence-electron chi connectivity index (χ4n) is 4.88. The zero-order valence-corrected chi connectivity index (χ0v) is 28.8. The van der Waals surface area contributed by atoms with E-state index in [2.05, 4.69) is 62.5 Å². The van der Waals surface area contributed by atoms with Crippen LogP contribution in [0.3, 0.4) is 0 Å². The van der Waals surface area contributed by atoms with Gasteiger partial charge in [-0.25, -0.2) is 0 Å². The highest BCUT2D eigenvalue weighted by Crippen LogP contribution is 2.22. The van der Waals surface area contributed by atoms with Crippen molar-refractivity contribution in [1.82, 2.24) is 0 Å². The molecule has 0 spiro atoms. The van der Waals surface area contributed by atoms with E-state index in [0.29, 0.717) is 6.42 Å². The first-order valence-corrected chi connectivity index (χ1v) is 17.7. The molecule has 0 aromatic heterocycles. The van der Waals surface area contributed by atoms with Gasteiger partial charge in [0, 0.05) is 12.8 Å². The van der Waals surface area contributed by atoms with E-state index in [-0.39, 0.29) is 26.1 Å². The van der Waals surface area contributed by atoms with E-state index in [4.69, 9.17) is 18.9 Å². The molecule has 0 aliphatic carbocycles. The van der Waals surface area contributed by atoms with Crippen molar-refractivity contribution in [2.45, 2.75) is 153 Å². The van der Waals surface area contributed by atoms with E-state index in [9.17, 15) is 30.0 Å². The summed E-state index contributed by atoms with van der Waals surface area (Å²) in [7, 11) is 0. The zero-order chi connectivity index (χ0) is 34.5. The number of aliphatic hydroxyl groups excluding tert-OH is 4. The molecule has 0 saturated carbocycles. The van der Waals surface area contributed by atoms with Gasteiger partial charge in [0.15, 0.2) is 12.4 Å². The predicted molar refractivity (Wildman–Crippen MR) is 182 cm³/mol. The fourth-order valence-corrected chi connectivity index (χ4v) is 4.88. The van der Waals surface area contributed by atoms with Gasteiger partial charge in [-0.15, -0.1) is 0 Å². The minimum Gasteiger partial charge on any atom is -0.462 e. The Morgan fingerprint density at radius 1 is 0.681 bits per heavy atom. The second-order valence-electron chi connectivity index (χ2n) is 11.9. The van der Waals surface area contributed by atoms with E-state index in [0.717, 1.165) is 64.2 Å². The SMILES string of the molecule is CC/C=C/C/C=C/C/C=C/C/C=C/CCCCC(=O)O[C@H](COC(=O)CCCCCCCCC)CO[C@H]1O[C@@H](CO)[C@@H](O)C(O)C1O. The molecule has 0 aromatic carbocycles. The average Bonchev–Trinajstić information content (AvgIpc) is 3.06. The maximum absolute atomic E-state index is 12.6. The van der Waals surface area contributed by atoms with Crippen molar-refractivity contribution in [3.05, 3.63) is 48.6 Å². The minimum absolute atomic E-state index is 0.177. The molecule has 10 heteroatoms. The average molecular weight is 667 g/mol. The number of unbranched alkanes of at least 4 members (excludes halogenated alkanes) is 8. The lowest BCUT2D eigenvalue weighted by atomic mass is 9.99. The smallest absolute Gasteiger partial charge is 0.306 e. The van der Waals surface area contributed by atoms with Crippen molar-refractivity contribution >= 4 is 11.9 Å². The van der Waals surface area contributed by atoms with Crippen molar-refractivity contribution < 1.29 is 49.0 Å². The lowest BCUT2D eigenvalue weighted by Gasteiger charge is -2.39.